The summed E-state index contributed by atoms with van der Waals surface area (Å²) in [5.74, 6) is 0. The van der Waals surface area contributed by atoms with Crippen LogP contribution in [0.15, 0.2) is 17.2 Å². The largest absolute Gasteiger partial charge is 0.390 e. The van der Waals surface area contributed by atoms with E-state index in [0.29, 0.717) is 12.2 Å². The molecule has 0 aliphatic rings. The van der Waals surface area contributed by atoms with Gasteiger partial charge >= 0.3 is 0 Å². The van der Waals surface area contributed by atoms with Crippen LogP contribution in [0.4, 0.5) is 0 Å². The molecule has 0 aliphatic carbocycles. The summed E-state index contributed by atoms with van der Waals surface area (Å²) >= 11 is 0. The molecule has 0 bridgehead atoms. The number of hydrogen-bond acceptors (Lipinski definition) is 3. The second kappa shape index (κ2) is 5.66. The molecular formula is C11H20N2O3S. The van der Waals surface area contributed by atoms with Gasteiger partial charge in [-0.3, -0.25) is 0 Å². The van der Waals surface area contributed by atoms with Gasteiger partial charge in [0.05, 0.1) is 11.5 Å². The highest BCUT2D eigenvalue weighted by Gasteiger charge is 2.27. The number of rotatable bonds is 6. The Balaban J connectivity index is 3.08. The van der Waals surface area contributed by atoms with Crippen LogP contribution in [0.25, 0.3) is 0 Å². The van der Waals surface area contributed by atoms with Gasteiger partial charge in [-0.25, -0.2) is 8.42 Å². The predicted molar refractivity (Wildman–Crippen MR) is 66.0 cm³/mol. The van der Waals surface area contributed by atoms with Crippen molar-refractivity contribution in [2.24, 2.45) is 0 Å². The molecule has 1 aromatic heterocycles. The summed E-state index contributed by atoms with van der Waals surface area (Å²) in [6.45, 7) is 5.92. The molecule has 0 fully saturated rings. The van der Waals surface area contributed by atoms with Crippen LogP contribution in [-0.4, -0.2) is 35.4 Å². The molecule has 0 spiro atoms. The van der Waals surface area contributed by atoms with Gasteiger partial charge in [-0.1, -0.05) is 13.8 Å². The fourth-order valence-corrected chi connectivity index (χ4v) is 3.45. The number of sulfonamides is 1. The van der Waals surface area contributed by atoms with E-state index in [9.17, 15) is 8.42 Å². The molecule has 0 amide bonds. The number of aliphatic hydroxyl groups excluding tert-OH is 1. The van der Waals surface area contributed by atoms with E-state index in [2.05, 4.69) is 4.98 Å². The standard InChI is InChI=1S/C11H20N2O3S/c1-4-9(3)13(5-2)17(15,16)11-6-10(8-14)12-7-11/h6-7,9,12,14H,4-5,8H2,1-3H3. The van der Waals surface area contributed by atoms with E-state index in [1.165, 1.54) is 16.6 Å². The molecule has 0 aromatic carbocycles. The van der Waals surface area contributed by atoms with Crippen molar-refractivity contribution in [1.82, 2.24) is 9.29 Å². The number of aromatic nitrogens is 1. The van der Waals surface area contributed by atoms with Crippen molar-refractivity contribution < 1.29 is 13.5 Å². The number of aliphatic hydroxyl groups is 1. The zero-order chi connectivity index (χ0) is 13.1. The van der Waals surface area contributed by atoms with E-state index >= 15 is 0 Å². The van der Waals surface area contributed by atoms with E-state index in [0.717, 1.165) is 6.42 Å². The topological polar surface area (TPSA) is 73.4 Å². The van der Waals surface area contributed by atoms with Gasteiger partial charge in [0.25, 0.3) is 0 Å². The van der Waals surface area contributed by atoms with Crippen LogP contribution >= 0.6 is 0 Å². The van der Waals surface area contributed by atoms with Crippen molar-refractivity contribution in [2.75, 3.05) is 6.54 Å². The molecule has 17 heavy (non-hydrogen) atoms. The van der Waals surface area contributed by atoms with Gasteiger partial charge in [-0.2, -0.15) is 4.31 Å². The molecule has 1 heterocycles. The lowest BCUT2D eigenvalue weighted by Crippen LogP contribution is -2.37. The summed E-state index contributed by atoms with van der Waals surface area (Å²) in [6.07, 6.45) is 2.19. The maximum Gasteiger partial charge on any atom is 0.244 e. The molecule has 0 aliphatic heterocycles. The maximum absolute atomic E-state index is 12.3. The third kappa shape index (κ3) is 2.88. The molecule has 1 rings (SSSR count). The summed E-state index contributed by atoms with van der Waals surface area (Å²) < 4.78 is 26.1. The second-order valence-electron chi connectivity index (χ2n) is 3.98. The van der Waals surface area contributed by atoms with Crippen molar-refractivity contribution in [2.45, 2.75) is 44.7 Å². The van der Waals surface area contributed by atoms with Crippen LogP contribution in [0.3, 0.4) is 0 Å². The normalized spacial score (nSPS) is 14.2. The first kappa shape index (κ1) is 14.2. The smallest absolute Gasteiger partial charge is 0.244 e. The van der Waals surface area contributed by atoms with Gasteiger partial charge in [0.1, 0.15) is 0 Å². The lowest BCUT2D eigenvalue weighted by molar-refractivity contribution is 0.277. The molecule has 1 unspecified atom stereocenters. The Morgan fingerprint density at radius 2 is 2.12 bits per heavy atom. The third-order valence-electron chi connectivity index (χ3n) is 2.89. The van der Waals surface area contributed by atoms with Crippen LogP contribution in [0.1, 0.15) is 32.9 Å². The Bertz CT molecular complexity index is 453. The number of hydrogen-bond donors (Lipinski definition) is 2. The van der Waals surface area contributed by atoms with Crippen LogP contribution in [0, 0.1) is 0 Å². The average molecular weight is 260 g/mol. The van der Waals surface area contributed by atoms with Crippen molar-refractivity contribution in [3.05, 3.63) is 18.0 Å². The molecular weight excluding hydrogens is 240 g/mol. The van der Waals surface area contributed by atoms with E-state index in [4.69, 9.17) is 5.11 Å². The molecule has 6 heteroatoms. The maximum atomic E-state index is 12.3. The zero-order valence-electron chi connectivity index (χ0n) is 10.5. The van der Waals surface area contributed by atoms with Crippen molar-refractivity contribution in [3.8, 4) is 0 Å². The number of H-pyrrole nitrogens is 1. The predicted octanol–water partition coefficient (Wildman–Crippen LogP) is 1.32. The van der Waals surface area contributed by atoms with Gasteiger partial charge in [0, 0.05) is 24.5 Å². The van der Waals surface area contributed by atoms with Gasteiger partial charge < -0.3 is 10.1 Å². The van der Waals surface area contributed by atoms with E-state index in [1.807, 2.05) is 20.8 Å². The number of aromatic amines is 1. The summed E-state index contributed by atoms with van der Waals surface area (Å²) in [6, 6.07) is 1.44. The molecule has 0 radical (unpaired) electrons. The molecule has 0 saturated carbocycles. The highest BCUT2D eigenvalue weighted by atomic mass is 32.2. The Morgan fingerprint density at radius 3 is 2.53 bits per heavy atom. The summed E-state index contributed by atoms with van der Waals surface area (Å²) in [7, 11) is -3.46. The lowest BCUT2D eigenvalue weighted by Gasteiger charge is -2.25. The SMILES string of the molecule is CCC(C)N(CC)S(=O)(=O)c1c[nH]c(CO)c1. The van der Waals surface area contributed by atoms with Crippen LogP contribution in [0.2, 0.25) is 0 Å². The molecule has 1 atom stereocenters. The summed E-state index contributed by atoms with van der Waals surface area (Å²) in [5.41, 5.74) is 0.503. The highest BCUT2D eigenvalue weighted by Crippen LogP contribution is 2.20. The highest BCUT2D eigenvalue weighted by molar-refractivity contribution is 7.89. The zero-order valence-corrected chi connectivity index (χ0v) is 11.3. The first-order chi connectivity index (χ1) is 7.97. The van der Waals surface area contributed by atoms with E-state index < -0.39 is 10.0 Å². The van der Waals surface area contributed by atoms with Gasteiger partial charge in [-0.15, -0.1) is 0 Å². The molecule has 98 valence electrons. The lowest BCUT2D eigenvalue weighted by atomic mass is 10.3. The third-order valence-corrected chi connectivity index (χ3v) is 4.95. The molecule has 5 nitrogen and oxygen atoms in total. The van der Waals surface area contributed by atoms with Crippen LogP contribution < -0.4 is 0 Å². The van der Waals surface area contributed by atoms with Crippen molar-refractivity contribution >= 4 is 10.0 Å². The van der Waals surface area contributed by atoms with Gasteiger partial charge in [-0.05, 0) is 19.4 Å². The first-order valence-corrected chi connectivity index (χ1v) is 7.21. The van der Waals surface area contributed by atoms with Crippen LogP contribution in [0.5, 0.6) is 0 Å². The van der Waals surface area contributed by atoms with Gasteiger partial charge in [0.15, 0.2) is 0 Å². The Kier molecular flexibility index (Phi) is 4.73. The molecule has 2 N–H and O–H groups in total. The number of nitrogens with zero attached hydrogens (tertiary/aromatic N) is 1. The first-order valence-electron chi connectivity index (χ1n) is 5.77. The van der Waals surface area contributed by atoms with Crippen LogP contribution in [-0.2, 0) is 16.6 Å². The Labute approximate surface area is 103 Å². The average Bonchev–Trinajstić information content (AvgIpc) is 2.78. The van der Waals surface area contributed by atoms with Gasteiger partial charge in [0.2, 0.25) is 10.0 Å². The minimum atomic E-state index is -3.46. The Hall–Kier alpha value is -0.850. The summed E-state index contributed by atoms with van der Waals surface area (Å²) in [4.78, 5) is 2.95. The molecule has 0 saturated heterocycles. The minimum Gasteiger partial charge on any atom is -0.390 e. The van der Waals surface area contributed by atoms with Crippen molar-refractivity contribution in [1.29, 1.82) is 0 Å². The molecule has 1 aromatic rings. The minimum absolute atomic E-state index is 0.0301. The quantitative estimate of drug-likeness (QED) is 0.810. The fraction of sp³-hybridized carbons (Fsp3) is 0.636. The second-order valence-corrected chi connectivity index (χ2v) is 5.87. The number of nitrogens with one attached hydrogen (secondary N) is 1. The fourth-order valence-electron chi connectivity index (χ4n) is 1.72. The monoisotopic (exact) mass is 260 g/mol. The Morgan fingerprint density at radius 1 is 1.47 bits per heavy atom. The summed E-state index contributed by atoms with van der Waals surface area (Å²) in [5, 5.41) is 8.93. The van der Waals surface area contributed by atoms with E-state index in [-0.39, 0.29) is 17.5 Å². The van der Waals surface area contributed by atoms with Crippen molar-refractivity contribution in [3.63, 3.8) is 0 Å². The van der Waals surface area contributed by atoms with E-state index in [1.54, 1.807) is 0 Å².